The highest BCUT2D eigenvalue weighted by Crippen LogP contribution is 2.66. The minimum Gasteiger partial charge on any atom is -0.388 e. The van der Waals surface area contributed by atoms with Crippen molar-refractivity contribution in [2.45, 2.75) is 110 Å². The van der Waals surface area contributed by atoms with Crippen LogP contribution in [0.2, 0.25) is 0 Å². The molecule has 4 rings (SSSR count). The highest BCUT2D eigenvalue weighted by molar-refractivity contribution is 5.87. The Kier molecular flexibility index (Phi) is 7.84. The summed E-state index contributed by atoms with van der Waals surface area (Å²) in [5.41, 5.74) is -0.608. The first-order valence-electron chi connectivity index (χ1n) is 14.2. The van der Waals surface area contributed by atoms with Crippen molar-refractivity contribution in [2.24, 2.45) is 34.5 Å². The van der Waals surface area contributed by atoms with E-state index in [0.717, 1.165) is 58.0 Å². The van der Waals surface area contributed by atoms with Crippen molar-refractivity contribution in [1.82, 2.24) is 4.90 Å². The molecule has 0 aromatic carbocycles. The molecule has 34 heavy (non-hydrogen) atoms. The molecule has 0 heterocycles. The summed E-state index contributed by atoms with van der Waals surface area (Å²) in [6.07, 6.45) is 12.5. The monoisotopic (exact) mass is 475 g/mol. The Morgan fingerprint density at radius 3 is 2.59 bits per heavy atom. The van der Waals surface area contributed by atoms with E-state index >= 15 is 0 Å². The summed E-state index contributed by atoms with van der Waals surface area (Å²) < 4.78 is 5.75. The molecule has 0 spiro atoms. The number of carbonyl (C=O) groups is 2. The topological polar surface area (TPSA) is 66.8 Å². The normalized spacial score (nSPS) is 41.5. The third-order valence-electron chi connectivity index (χ3n) is 10.9. The number of aliphatic hydroxyl groups is 1. The molecule has 4 saturated carbocycles. The van der Waals surface area contributed by atoms with E-state index in [1.807, 2.05) is 4.90 Å². The molecule has 0 aromatic heterocycles. The summed E-state index contributed by atoms with van der Waals surface area (Å²) in [5.74, 6) is 2.98. The van der Waals surface area contributed by atoms with Crippen LogP contribution in [0, 0.1) is 34.5 Å². The van der Waals surface area contributed by atoms with Crippen LogP contribution in [0.25, 0.3) is 0 Å². The minimum absolute atomic E-state index is 0.0279. The van der Waals surface area contributed by atoms with Gasteiger partial charge in [0.15, 0.2) is 0 Å². The van der Waals surface area contributed by atoms with Crippen molar-refractivity contribution >= 4 is 11.7 Å². The second-order valence-electron chi connectivity index (χ2n) is 12.8. The van der Waals surface area contributed by atoms with Gasteiger partial charge in [0.05, 0.1) is 12.2 Å². The van der Waals surface area contributed by atoms with E-state index in [9.17, 15) is 14.7 Å². The predicted molar refractivity (Wildman–Crippen MR) is 134 cm³/mol. The van der Waals surface area contributed by atoms with E-state index in [1.165, 1.54) is 25.7 Å². The second kappa shape index (κ2) is 10.2. The molecule has 4 aliphatic rings. The zero-order valence-corrected chi connectivity index (χ0v) is 22.2. The number of nitrogens with zero attached hydrogens (tertiary/aromatic N) is 1. The largest absolute Gasteiger partial charge is 0.388 e. The zero-order chi connectivity index (χ0) is 24.6. The molecule has 0 aliphatic heterocycles. The zero-order valence-electron chi connectivity index (χ0n) is 22.2. The Labute approximate surface area is 207 Å². The lowest BCUT2D eigenvalue weighted by atomic mass is 9.44. The van der Waals surface area contributed by atoms with Crippen LogP contribution in [0.3, 0.4) is 0 Å². The second-order valence-corrected chi connectivity index (χ2v) is 12.8. The van der Waals surface area contributed by atoms with Gasteiger partial charge >= 0.3 is 0 Å². The maximum absolute atomic E-state index is 12.7. The first-order valence-corrected chi connectivity index (χ1v) is 14.2. The molecule has 0 saturated heterocycles. The van der Waals surface area contributed by atoms with Gasteiger partial charge in [-0.05, 0) is 86.9 Å². The first-order chi connectivity index (χ1) is 16.1. The highest BCUT2D eigenvalue weighted by Gasteiger charge is 2.61. The Morgan fingerprint density at radius 2 is 1.85 bits per heavy atom. The number of hydrogen-bond acceptors (Lipinski definition) is 4. The Bertz CT molecular complexity index is 754. The number of unbranched alkanes of at least 4 members (excludes halogenated alkanes) is 2. The lowest BCUT2D eigenvalue weighted by molar-refractivity contribution is -0.161. The van der Waals surface area contributed by atoms with Crippen molar-refractivity contribution in [3.8, 4) is 0 Å². The van der Waals surface area contributed by atoms with Crippen LogP contribution in [-0.4, -0.2) is 53.6 Å². The van der Waals surface area contributed by atoms with Crippen molar-refractivity contribution in [3.05, 3.63) is 0 Å². The fourth-order valence-corrected chi connectivity index (χ4v) is 8.67. The minimum atomic E-state index is -0.794. The standard InChI is InChI=1S/C29H49NO4/c1-5-6-7-17-34-18-16-30(21(2)31)20-29(33)15-14-27(3)22(19-29)8-9-23-24-10-11-26(32)28(24,4)13-12-25(23)27/h22-25,33H,5-20H2,1-4H3/t22-,23-,24-,25-,27-,28-,29+/m0/s1. The highest BCUT2D eigenvalue weighted by atomic mass is 16.5. The van der Waals surface area contributed by atoms with Crippen LogP contribution < -0.4 is 0 Å². The number of amides is 1. The van der Waals surface area contributed by atoms with Crippen molar-refractivity contribution in [1.29, 1.82) is 0 Å². The van der Waals surface area contributed by atoms with Crippen LogP contribution >= 0.6 is 0 Å². The quantitative estimate of drug-likeness (QED) is 0.454. The van der Waals surface area contributed by atoms with Gasteiger partial charge in [-0.1, -0.05) is 33.6 Å². The molecule has 0 aromatic rings. The van der Waals surface area contributed by atoms with Gasteiger partial charge in [-0.3, -0.25) is 9.59 Å². The Hall–Kier alpha value is -0.940. The Morgan fingerprint density at radius 1 is 1.06 bits per heavy atom. The van der Waals surface area contributed by atoms with Gasteiger partial charge in [0, 0.05) is 38.5 Å². The average molecular weight is 476 g/mol. The van der Waals surface area contributed by atoms with Gasteiger partial charge in [0.1, 0.15) is 5.78 Å². The maximum Gasteiger partial charge on any atom is 0.219 e. The third-order valence-corrected chi connectivity index (χ3v) is 10.9. The van der Waals surface area contributed by atoms with Gasteiger partial charge in [-0.15, -0.1) is 0 Å². The fraction of sp³-hybridized carbons (Fsp3) is 0.931. The first kappa shape index (κ1) is 26.1. The fourth-order valence-electron chi connectivity index (χ4n) is 8.67. The van der Waals surface area contributed by atoms with E-state index in [2.05, 4.69) is 20.8 Å². The number of hydrogen-bond donors (Lipinski definition) is 1. The SMILES string of the molecule is CCCCCOCCN(C[C@@]1(O)CC[C@@]2(C)[C@@H](CC[C@@H]3[C@@H]2CC[C@]2(C)C(=O)CC[C@@H]32)C1)C(C)=O. The summed E-state index contributed by atoms with van der Waals surface area (Å²) in [5, 5.41) is 11.7. The molecular formula is C29H49NO4. The number of Topliss-reactive ketones (excluding diaryl/α,β-unsaturated/α-hetero) is 1. The number of carbonyl (C=O) groups excluding carboxylic acids is 2. The smallest absolute Gasteiger partial charge is 0.219 e. The summed E-state index contributed by atoms with van der Waals surface area (Å²) >= 11 is 0. The number of fused-ring (bicyclic) bond motifs is 5. The molecule has 5 heteroatoms. The molecule has 4 aliphatic carbocycles. The van der Waals surface area contributed by atoms with Crippen LogP contribution in [-0.2, 0) is 14.3 Å². The van der Waals surface area contributed by atoms with Crippen LogP contribution in [0.5, 0.6) is 0 Å². The summed E-state index contributed by atoms with van der Waals surface area (Å²) in [4.78, 5) is 26.8. The van der Waals surface area contributed by atoms with Crippen molar-refractivity contribution in [3.63, 3.8) is 0 Å². The third kappa shape index (κ3) is 4.85. The lowest BCUT2D eigenvalue weighted by Crippen LogP contribution is -2.58. The summed E-state index contributed by atoms with van der Waals surface area (Å²) in [7, 11) is 0. The van der Waals surface area contributed by atoms with E-state index in [0.29, 0.717) is 49.2 Å². The van der Waals surface area contributed by atoms with E-state index in [-0.39, 0.29) is 16.7 Å². The Balaban J connectivity index is 1.37. The molecule has 5 nitrogen and oxygen atoms in total. The van der Waals surface area contributed by atoms with Gasteiger partial charge in [-0.25, -0.2) is 0 Å². The van der Waals surface area contributed by atoms with Gasteiger partial charge in [0.25, 0.3) is 0 Å². The molecule has 194 valence electrons. The summed E-state index contributed by atoms with van der Waals surface area (Å²) in [6.45, 7) is 10.8. The predicted octanol–water partition coefficient (Wildman–Crippen LogP) is 5.38. The molecule has 4 fully saturated rings. The van der Waals surface area contributed by atoms with Crippen LogP contribution in [0.15, 0.2) is 0 Å². The molecule has 0 radical (unpaired) electrons. The number of rotatable bonds is 9. The van der Waals surface area contributed by atoms with Crippen molar-refractivity contribution in [2.75, 3.05) is 26.3 Å². The summed E-state index contributed by atoms with van der Waals surface area (Å²) in [6, 6.07) is 0. The van der Waals surface area contributed by atoms with Crippen molar-refractivity contribution < 1.29 is 19.4 Å². The lowest BCUT2D eigenvalue weighted by Gasteiger charge is -2.61. The van der Waals surface area contributed by atoms with Gasteiger partial charge in [0.2, 0.25) is 5.91 Å². The molecule has 7 atom stereocenters. The van der Waals surface area contributed by atoms with Crippen LogP contribution in [0.4, 0.5) is 0 Å². The van der Waals surface area contributed by atoms with E-state index in [4.69, 9.17) is 4.74 Å². The molecular weight excluding hydrogens is 426 g/mol. The van der Waals surface area contributed by atoms with Gasteiger partial charge < -0.3 is 14.7 Å². The number of ether oxygens (including phenoxy) is 1. The van der Waals surface area contributed by atoms with Crippen LogP contribution in [0.1, 0.15) is 105 Å². The maximum atomic E-state index is 12.7. The number of ketones is 1. The molecule has 0 unspecified atom stereocenters. The average Bonchev–Trinajstić information content (AvgIpc) is 3.10. The molecule has 1 amide bonds. The van der Waals surface area contributed by atoms with E-state index < -0.39 is 5.60 Å². The van der Waals surface area contributed by atoms with Gasteiger partial charge in [-0.2, -0.15) is 0 Å². The molecule has 0 bridgehead atoms. The van der Waals surface area contributed by atoms with E-state index in [1.54, 1.807) is 6.92 Å². The molecule has 1 N–H and O–H groups in total.